The molecule has 1 aromatic heterocycles. The van der Waals surface area contributed by atoms with E-state index in [0.29, 0.717) is 25.1 Å². The minimum Gasteiger partial charge on any atom is -0.366 e. The van der Waals surface area contributed by atoms with Gasteiger partial charge in [0, 0.05) is 12.6 Å². The van der Waals surface area contributed by atoms with Gasteiger partial charge in [0.1, 0.15) is 12.9 Å². The lowest BCUT2D eigenvalue weighted by atomic mass is 9.79. The van der Waals surface area contributed by atoms with E-state index >= 15 is 0 Å². The molecule has 1 heterocycles. The Bertz CT molecular complexity index is 404. The summed E-state index contributed by atoms with van der Waals surface area (Å²) in [6, 6.07) is 0.306. The Kier molecular flexibility index (Phi) is 4.58. The van der Waals surface area contributed by atoms with Crippen LogP contribution in [0.25, 0.3) is 0 Å². The van der Waals surface area contributed by atoms with Gasteiger partial charge in [-0.15, -0.1) is 0 Å². The molecule has 2 unspecified atom stereocenters. The summed E-state index contributed by atoms with van der Waals surface area (Å²) >= 11 is 0. The van der Waals surface area contributed by atoms with Crippen molar-refractivity contribution in [3.05, 3.63) is 12.2 Å². The largest absolute Gasteiger partial charge is 0.366 e. The summed E-state index contributed by atoms with van der Waals surface area (Å²) in [5.74, 6) is 1.58. The molecule has 1 aliphatic carbocycles. The minimum atomic E-state index is -0.161. The van der Waals surface area contributed by atoms with E-state index in [-0.39, 0.29) is 5.60 Å². The van der Waals surface area contributed by atoms with Gasteiger partial charge < -0.3 is 10.5 Å². The van der Waals surface area contributed by atoms with Crippen LogP contribution in [0.2, 0.25) is 0 Å². The maximum atomic E-state index is 6.18. The minimum absolute atomic E-state index is 0.161. The molecule has 0 spiro atoms. The van der Waals surface area contributed by atoms with Gasteiger partial charge in [0.25, 0.3) is 0 Å². The van der Waals surface area contributed by atoms with Crippen molar-refractivity contribution >= 4 is 0 Å². The molecule has 1 aliphatic rings. The van der Waals surface area contributed by atoms with Crippen molar-refractivity contribution in [3.8, 4) is 0 Å². The lowest BCUT2D eigenvalue weighted by Gasteiger charge is -2.39. The van der Waals surface area contributed by atoms with Crippen LogP contribution in [0.5, 0.6) is 0 Å². The number of ether oxygens (including phenoxy) is 1. The highest BCUT2D eigenvalue weighted by molar-refractivity contribution is 4.90. The van der Waals surface area contributed by atoms with Crippen LogP contribution in [0.15, 0.2) is 6.33 Å². The lowest BCUT2D eigenvalue weighted by Crippen LogP contribution is -2.44. The number of nitrogens with two attached hydrogens (primary N) is 1. The van der Waals surface area contributed by atoms with E-state index in [1.54, 1.807) is 6.33 Å². The highest BCUT2D eigenvalue weighted by Crippen LogP contribution is 2.35. The average Bonchev–Trinajstić information content (AvgIpc) is 2.85. The average molecular weight is 266 g/mol. The number of hydrogen-bond acceptors (Lipinski definition) is 4. The van der Waals surface area contributed by atoms with E-state index in [2.05, 4.69) is 30.9 Å². The fraction of sp³-hybridized carbons (Fsp3) is 0.857. The molecular formula is C14H26N4O. The smallest absolute Gasteiger partial charge is 0.153 e. The molecule has 0 aromatic carbocycles. The molecule has 19 heavy (non-hydrogen) atoms. The van der Waals surface area contributed by atoms with Crippen LogP contribution in [0.4, 0.5) is 0 Å². The van der Waals surface area contributed by atoms with Crippen molar-refractivity contribution in [1.82, 2.24) is 14.8 Å². The van der Waals surface area contributed by atoms with Gasteiger partial charge in [-0.3, -0.25) is 0 Å². The first-order chi connectivity index (χ1) is 9.06. The standard InChI is InChI=1S/C14H26N4O/c1-11(2)18-13(16-10-17-18)8-19-14(9-15)6-4-5-12(3)7-14/h10-12H,4-9,15H2,1-3H3. The quantitative estimate of drug-likeness (QED) is 0.888. The molecule has 2 rings (SSSR count). The fourth-order valence-corrected chi connectivity index (χ4v) is 3.01. The van der Waals surface area contributed by atoms with Gasteiger partial charge in [0.05, 0.1) is 5.60 Å². The second-order valence-corrected chi connectivity index (χ2v) is 6.09. The van der Waals surface area contributed by atoms with Crippen molar-refractivity contribution in [2.75, 3.05) is 6.54 Å². The highest BCUT2D eigenvalue weighted by Gasteiger charge is 2.35. The zero-order valence-corrected chi connectivity index (χ0v) is 12.3. The first kappa shape index (κ1) is 14.5. The van der Waals surface area contributed by atoms with Crippen molar-refractivity contribution in [3.63, 3.8) is 0 Å². The van der Waals surface area contributed by atoms with Crippen LogP contribution in [-0.4, -0.2) is 26.9 Å². The molecule has 0 bridgehead atoms. The summed E-state index contributed by atoms with van der Waals surface area (Å²) in [4.78, 5) is 4.29. The van der Waals surface area contributed by atoms with E-state index < -0.39 is 0 Å². The lowest BCUT2D eigenvalue weighted by molar-refractivity contribution is -0.0872. The summed E-state index contributed by atoms with van der Waals surface area (Å²) in [7, 11) is 0. The Morgan fingerprint density at radius 3 is 3.00 bits per heavy atom. The van der Waals surface area contributed by atoms with Gasteiger partial charge in [-0.1, -0.05) is 19.8 Å². The molecule has 1 fully saturated rings. The van der Waals surface area contributed by atoms with Gasteiger partial charge in [0.2, 0.25) is 0 Å². The Balaban J connectivity index is 2.01. The number of rotatable bonds is 5. The summed E-state index contributed by atoms with van der Waals surface area (Å²) < 4.78 is 8.09. The Morgan fingerprint density at radius 2 is 2.37 bits per heavy atom. The van der Waals surface area contributed by atoms with Gasteiger partial charge in [0.15, 0.2) is 5.82 Å². The van der Waals surface area contributed by atoms with Crippen LogP contribution < -0.4 is 5.73 Å². The Labute approximate surface area is 115 Å². The van der Waals surface area contributed by atoms with Crippen LogP contribution in [0.1, 0.15) is 58.3 Å². The summed E-state index contributed by atoms with van der Waals surface area (Å²) in [6.07, 6.45) is 6.20. The van der Waals surface area contributed by atoms with Crippen LogP contribution in [0.3, 0.4) is 0 Å². The molecule has 1 aromatic rings. The zero-order chi connectivity index (χ0) is 13.9. The van der Waals surface area contributed by atoms with Crippen LogP contribution in [-0.2, 0) is 11.3 Å². The number of hydrogen-bond donors (Lipinski definition) is 1. The molecule has 0 amide bonds. The van der Waals surface area contributed by atoms with E-state index in [4.69, 9.17) is 10.5 Å². The highest BCUT2D eigenvalue weighted by atomic mass is 16.5. The van der Waals surface area contributed by atoms with Crippen LogP contribution in [0, 0.1) is 5.92 Å². The third-order valence-electron chi connectivity index (χ3n) is 4.07. The number of nitrogens with zero attached hydrogens (tertiary/aromatic N) is 3. The Hall–Kier alpha value is -0.940. The second kappa shape index (κ2) is 6.01. The molecule has 2 atom stereocenters. The van der Waals surface area contributed by atoms with Gasteiger partial charge in [-0.25, -0.2) is 9.67 Å². The van der Waals surface area contributed by atoms with E-state index in [1.165, 1.54) is 12.8 Å². The molecule has 0 radical (unpaired) electrons. The summed E-state index contributed by atoms with van der Waals surface area (Å²) in [6.45, 7) is 7.57. The Morgan fingerprint density at radius 1 is 1.58 bits per heavy atom. The van der Waals surface area contributed by atoms with Crippen LogP contribution >= 0.6 is 0 Å². The summed E-state index contributed by atoms with van der Waals surface area (Å²) in [5, 5.41) is 4.24. The molecule has 2 N–H and O–H groups in total. The second-order valence-electron chi connectivity index (χ2n) is 6.09. The molecule has 5 heteroatoms. The molecule has 5 nitrogen and oxygen atoms in total. The topological polar surface area (TPSA) is 66.0 Å². The molecule has 108 valence electrons. The van der Waals surface area contributed by atoms with Crippen molar-refractivity contribution < 1.29 is 4.74 Å². The van der Waals surface area contributed by atoms with Crippen molar-refractivity contribution in [2.45, 2.75) is 64.7 Å². The van der Waals surface area contributed by atoms with Gasteiger partial charge in [-0.05, 0) is 32.6 Å². The van der Waals surface area contributed by atoms with Crippen molar-refractivity contribution in [1.29, 1.82) is 0 Å². The van der Waals surface area contributed by atoms with E-state index in [9.17, 15) is 0 Å². The first-order valence-electron chi connectivity index (χ1n) is 7.29. The molecule has 0 aliphatic heterocycles. The predicted octanol–water partition coefficient (Wildman–Crippen LogP) is 2.28. The first-order valence-corrected chi connectivity index (χ1v) is 7.29. The summed E-state index contributed by atoms with van der Waals surface area (Å²) in [5.41, 5.74) is 5.81. The normalized spacial score (nSPS) is 27.9. The van der Waals surface area contributed by atoms with Gasteiger partial charge >= 0.3 is 0 Å². The number of aromatic nitrogens is 3. The van der Waals surface area contributed by atoms with E-state index in [0.717, 1.165) is 18.7 Å². The third kappa shape index (κ3) is 3.34. The molecule has 1 saturated carbocycles. The molecule has 0 saturated heterocycles. The maximum absolute atomic E-state index is 6.18. The van der Waals surface area contributed by atoms with E-state index in [1.807, 2.05) is 4.68 Å². The van der Waals surface area contributed by atoms with Gasteiger partial charge in [-0.2, -0.15) is 5.10 Å². The SMILES string of the molecule is CC1CCCC(CN)(OCc2ncnn2C(C)C)C1. The predicted molar refractivity (Wildman–Crippen MR) is 74.6 cm³/mol. The van der Waals surface area contributed by atoms with Crippen molar-refractivity contribution in [2.24, 2.45) is 11.7 Å². The fourth-order valence-electron chi connectivity index (χ4n) is 3.01. The monoisotopic (exact) mass is 266 g/mol. The maximum Gasteiger partial charge on any atom is 0.153 e. The third-order valence-corrected chi connectivity index (χ3v) is 4.07. The molecular weight excluding hydrogens is 240 g/mol. The zero-order valence-electron chi connectivity index (χ0n) is 12.3.